The molecule has 6 rings (SSSR count). The van der Waals surface area contributed by atoms with Crippen LogP contribution in [0.5, 0.6) is 11.8 Å². The second kappa shape index (κ2) is 15.0. The number of carbonyl (C=O) groups excluding carboxylic acids is 2. The van der Waals surface area contributed by atoms with E-state index in [1.165, 1.54) is 0 Å². The highest BCUT2D eigenvalue weighted by atomic mass is 19.4. The smallest absolute Gasteiger partial charge is 0.422 e. The average Bonchev–Trinajstić information content (AvgIpc) is 2.99. The maximum atomic E-state index is 12.8. The van der Waals surface area contributed by atoms with Gasteiger partial charge in [0.15, 0.2) is 6.61 Å². The molecule has 0 spiro atoms. The number of rotatable bonds is 2. The first-order valence-corrected chi connectivity index (χ1v) is 13.9. The molecular weight excluding hydrogens is 567 g/mol. The summed E-state index contributed by atoms with van der Waals surface area (Å²) in [5, 5.41) is 8.56. The molecule has 11 nitrogen and oxygen atoms in total. The molecule has 0 saturated carbocycles. The SMILES string of the molecule is CNC(=O)N1CCCCNC(=O)c2ccc(cc2)Cc2nc(nc(OCC(F)(F)F)n2)NCc2ccc(cc2)OCCC1. The fourth-order valence-electron chi connectivity index (χ4n) is 4.26. The molecule has 230 valence electrons. The summed E-state index contributed by atoms with van der Waals surface area (Å²) in [5.41, 5.74) is 2.06. The minimum Gasteiger partial charge on any atom is -0.494 e. The van der Waals surface area contributed by atoms with Crippen molar-refractivity contribution in [2.45, 2.75) is 38.4 Å². The maximum absolute atomic E-state index is 12.8. The number of urea groups is 1. The molecule has 3 aliphatic heterocycles. The second-order valence-corrected chi connectivity index (χ2v) is 9.84. The lowest BCUT2D eigenvalue weighted by atomic mass is 10.1. The molecule has 0 radical (unpaired) electrons. The highest BCUT2D eigenvalue weighted by molar-refractivity contribution is 5.94. The number of hydrogen-bond acceptors (Lipinski definition) is 8. The van der Waals surface area contributed by atoms with E-state index in [0.717, 1.165) is 11.1 Å². The monoisotopic (exact) mass is 601 g/mol. The molecule has 3 N–H and O–H groups in total. The quantitative estimate of drug-likeness (QED) is 0.403. The van der Waals surface area contributed by atoms with E-state index in [1.807, 2.05) is 24.3 Å². The predicted octanol–water partition coefficient (Wildman–Crippen LogP) is 3.95. The van der Waals surface area contributed by atoms with Gasteiger partial charge >= 0.3 is 18.2 Å². The van der Waals surface area contributed by atoms with Crippen molar-refractivity contribution >= 4 is 17.9 Å². The first-order chi connectivity index (χ1) is 20.7. The minimum absolute atomic E-state index is 0.0599. The Balaban J connectivity index is 1.52. The Morgan fingerprint density at radius 3 is 2.42 bits per heavy atom. The van der Waals surface area contributed by atoms with E-state index < -0.39 is 18.8 Å². The van der Waals surface area contributed by atoms with Gasteiger partial charge in [-0.2, -0.15) is 28.1 Å². The van der Waals surface area contributed by atoms with Crippen molar-refractivity contribution in [2.75, 3.05) is 45.2 Å². The third-order valence-corrected chi connectivity index (χ3v) is 6.46. The number of benzene rings is 2. The lowest BCUT2D eigenvalue weighted by molar-refractivity contribution is -0.154. The van der Waals surface area contributed by atoms with Gasteiger partial charge in [0.2, 0.25) is 5.95 Å². The molecule has 3 aliphatic rings. The summed E-state index contributed by atoms with van der Waals surface area (Å²) in [6.07, 6.45) is -2.35. The van der Waals surface area contributed by atoms with E-state index in [4.69, 9.17) is 9.47 Å². The molecule has 6 bridgehead atoms. The normalized spacial score (nSPS) is 15.3. The van der Waals surface area contributed by atoms with Crippen molar-refractivity contribution in [3.05, 3.63) is 71.0 Å². The predicted molar refractivity (Wildman–Crippen MR) is 152 cm³/mol. The van der Waals surface area contributed by atoms with E-state index in [2.05, 4.69) is 30.9 Å². The molecule has 0 aliphatic carbocycles. The van der Waals surface area contributed by atoms with Crippen LogP contribution in [0.25, 0.3) is 0 Å². The highest BCUT2D eigenvalue weighted by Gasteiger charge is 2.29. The van der Waals surface area contributed by atoms with Gasteiger partial charge in [0, 0.05) is 45.2 Å². The Morgan fingerprint density at radius 1 is 0.977 bits per heavy atom. The number of amides is 3. The topological polar surface area (TPSA) is 131 Å². The number of alkyl halides is 3. The number of aromatic nitrogens is 3. The van der Waals surface area contributed by atoms with Gasteiger partial charge in [0.05, 0.1) is 6.61 Å². The molecule has 0 unspecified atom stereocenters. The number of hydrogen-bond donors (Lipinski definition) is 3. The van der Waals surface area contributed by atoms with Crippen LogP contribution in [0.3, 0.4) is 0 Å². The molecule has 0 fully saturated rings. The number of fused-ring (bicyclic) bond motifs is 2. The number of nitrogens with zero attached hydrogens (tertiary/aromatic N) is 4. The summed E-state index contributed by atoms with van der Waals surface area (Å²) in [5.74, 6) is 0.683. The Bertz CT molecular complexity index is 1360. The van der Waals surface area contributed by atoms with Crippen LogP contribution in [0.1, 0.15) is 46.6 Å². The molecule has 43 heavy (non-hydrogen) atoms. The maximum Gasteiger partial charge on any atom is 0.422 e. The third kappa shape index (κ3) is 10.3. The van der Waals surface area contributed by atoms with Crippen LogP contribution in [-0.4, -0.2) is 77.9 Å². The Kier molecular flexibility index (Phi) is 10.9. The molecule has 3 aromatic rings. The number of anilines is 1. The van der Waals surface area contributed by atoms with Gasteiger partial charge < -0.3 is 30.3 Å². The van der Waals surface area contributed by atoms with Gasteiger partial charge in [-0.05, 0) is 54.7 Å². The molecule has 0 atom stereocenters. The van der Waals surface area contributed by atoms with Crippen LogP contribution in [0, 0.1) is 0 Å². The van der Waals surface area contributed by atoms with Crippen molar-refractivity contribution < 1.29 is 32.2 Å². The number of halogens is 3. The van der Waals surface area contributed by atoms with Gasteiger partial charge in [-0.1, -0.05) is 24.3 Å². The summed E-state index contributed by atoms with van der Waals surface area (Å²) < 4.78 is 49.0. The number of carbonyl (C=O) groups is 2. The molecular formula is C29H34F3N7O4. The van der Waals surface area contributed by atoms with Crippen LogP contribution in [0.2, 0.25) is 0 Å². The molecule has 3 amide bonds. The zero-order valence-electron chi connectivity index (χ0n) is 23.7. The largest absolute Gasteiger partial charge is 0.494 e. The Morgan fingerprint density at radius 2 is 1.70 bits per heavy atom. The van der Waals surface area contributed by atoms with Gasteiger partial charge in [-0.3, -0.25) is 4.79 Å². The van der Waals surface area contributed by atoms with Crippen molar-refractivity contribution in [3.8, 4) is 11.8 Å². The van der Waals surface area contributed by atoms with E-state index >= 15 is 0 Å². The van der Waals surface area contributed by atoms with E-state index in [1.54, 1.807) is 36.2 Å². The first-order valence-electron chi connectivity index (χ1n) is 13.9. The third-order valence-electron chi connectivity index (χ3n) is 6.46. The number of ether oxygens (including phenoxy) is 2. The summed E-state index contributed by atoms with van der Waals surface area (Å²) in [4.78, 5) is 39.1. The van der Waals surface area contributed by atoms with Crippen LogP contribution in [0.15, 0.2) is 48.5 Å². The first kappa shape index (κ1) is 31.3. The van der Waals surface area contributed by atoms with Crippen LogP contribution < -0.4 is 25.4 Å². The minimum atomic E-state index is -4.55. The second-order valence-electron chi connectivity index (χ2n) is 9.84. The molecule has 1 aromatic heterocycles. The lowest BCUT2D eigenvalue weighted by Gasteiger charge is -2.22. The zero-order chi connectivity index (χ0) is 30.7. The molecule has 4 heterocycles. The summed E-state index contributed by atoms with van der Waals surface area (Å²) >= 11 is 0. The van der Waals surface area contributed by atoms with Gasteiger partial charge in [-0.25, -0.2) is 4.79 Å². The lowest BCUT2D eigenvalue weighted by Crippen LogP contribution is -2.40. The summed E-state index contributed by atoms with van der Waals surface area (Å²) in [6.45, 7) is 0.671. The van der Waals surface area contributed by atoms with Crippen LogP contribution in [0.4, 0.5) is 23.9 Å². The van der Waals surface area contributed by atoms with E-state index in [0.29, 0.717) is 56.8 Å². The van der Waals surface area contributed by atoms with E-state index in [-0.39, 0.29) is 36.7 Å². The van der Waals surface area contributed by atoms with Gasteiger partial charge in [-0.15, -0.1) is 0 Å². The molecule has 0 saturated heterocycles. The van der Waals surface area contributed by atoms with E-state index in [9.17, 15) is 22.8 Å². The zero-order valence-corrected chi connectivity index (χ0v) is 23.7. The summed E-state index contributed by atoms with van der Waals surface area (Å²) in [6, 6.07) is 13.5. The number of nitrogens with one attached hydrogen (secondary N) is 3. The Hall–Kier alpha value is -4.62. The van der Waals surface area contributed by atoms with Crippen LogP contribution >= 0.6 is 0 Å². The van der Waals surface area contributed by atoms with Gasteiger partial charge in [0.1, 0.15) is 11.6 Å². The van der Waals surface area contributed by atoms with Gasteiger partial charge in [0.25, 0.3) is 5.91 Å². The summed E-state index contributed by atoms with van der Waals surface area (Å²) in [7, 11) is 1.59. The van der Waals surface area contributed by atoms with Crippen LogP contribution in [-0.2, 0) is 13.0 Å². The molecule has 14 heteroatoms. The van der Waals surface area contributed by atoms with Crippen molar-refractivity contribution in [3.63, 3.8) is 0 Å². The Labute approximate surface area is 247 Å². The highest BCUT2D eigenvalue weighted by Crippen LogP contribution is 2.19. The fraction of sp³-hybridized carbons (Fsp3) is 0.414. The fourth-order valence-corrected chi connectivity index (χ4v) is 4.26. The van der Waals surface area contributed by atoms with Crippen molar-refractivity contribution in [2.24, 2.45) is 0 Å². The average molecular weight is 602 g/mol. The van der Waals surface area contributed by atoms with Crippen molar-refractivity contribution in [1.82, 2.24) is 30.5 Å². The molecule has 2 aromatic carbocycles. The van der Waals surface area contributed by atoms with Crippen molar-refractivity contribution in [1.29, 1.82) is 0 Å². The standard InChI is InChI=1S/C29H34F3N7O4/c1-33-28(41)39-14-3-2-13-34-25(40)22-9-5-20(6-10-22)17-24-36-26(38-27(37-24)43-19-29(30,31)32)35-18-21-7-11-23(12-8-21)42-16-4-15-39/h5-12H,2-4,13-19H2,1H3,(H,33,41)(H,34,40)(H,35,36,37,38).